The maximum atomic E-state index is 5.83. The van der Waals surface area contributed by atoms with Crippen molar-refractivity contribution >= 4 is 29.3 Å². The largest absolute Gasteiger partial charge is 0.330 e. The lowest BCUT2D eigenvalue weighted by Crippen LogP contribution is -1.95. The van der Waals surface area contributed by atoms with Gasteiger partial charge in [-0.1, -0.05) is 35.4 Å². The third-order valence-electron chi connectivity index (χ3n) is 1.47. The van der Waals surface area contributed by atoms with Crippen LogP contribution in [0.5, 0.6) is 0 Å². The van der Waals surface area contributed by atoms with Crippen LogP contribution in [0.3, 0.4) is 0 Å². The summed E-state index contributed by atoms with van der Waals surface area (Å²) in [4.78, 5) is 3.90. The number of halogens is 2. The molecule has 0 saturated carbocycles. The van der Waals surface area contributed by atoms with Gasteiger partial charge in [0.15, 0.2) is 0 Å². The molecule has 0 amide bonds. The Morgan fingerprint density at radius 2 is 2.15 bits per heavy atom. The molecular weight excluding hydrogens is 207 g/mol. The van der Waals surface area contributed by atoms with E-state index in [1.54, 1.807) is 6.07 Å². The Morgan fingerprint density at radius 1 is 1.38 bits per heavy atom. The number of nitrogens with zero attached hydrogens (tertiary/aromatic N) is 1. The molecule has 70 valence electrons. The van der Waals surface area contributed by atoms with E-state index in [0.29, 0.717) is 16.9 Å². The summed E-state index contributed by atoms with van der Waals surface area (Å²) < 4.78 is 0. The minimum absolute atomic E-state index is 0.404. The average Bonchev–Trinajstić information content (AvgIpc) is 2.09. The van der Waals surface area contributed by atoms with Gasteiger partial charge in [0.1, 0.15) is 10.3 Å². The molecule has 1 heterocycles. The predicted octanol–water partition coefficient (Wildman–Crippen LogP) is 2.75. The molecule has 0 aliphatic heterocycles. The third-order valence-corrected chi connectivity index (χ3v) is 1.99. The Labute approximate surface area is 87.4 Å². The summed E-state index contributed by atoms with van der Waals surface area (Å²) in [6, 6.07) is 3.53. The SMILES string of the molecule is NCCC=Cc1ccc(Cl)nc1Cl. The van der Waals surface area contributed by atoms with E-state index in [2.05, 4.69) is 4.98 Å². The maximum absolute atomic E-state index is 5.83. The fourth-order valence-corrected chi connectivity index (χ4v) is 1.26. The Morgan fingerprint density at radius 3 is 2.77 bits per heavy atom. The zero-order chi connectivity index (χ0) is 9.68. The molecule has 0 aromatic carbocycles. The molecule has 0 radical (unpaired) electrons. The van der Waals surface area contributed by atoms with Crippen molar-refractivity contribution in [3.8, 4) is 0 Å². The lowest BCUT2D eigenvalue weighted by molar-refractivity contribution is 1.01. The first-order valence-corrected chi connectivity index (χ1v) is 4.68. The van der Waals surface area contributed by atoms with Crippen molar-refractivity contribution < 1.29 is 0 Å². The van der Waals surface area contributed by atoms with Gasteiger partial charge in [-0.05, 0) is 25.1 Å². The average molecular weight is 217 g/mol. The molecular formula is C9H10Cl2N2. The lowest BCUT2D eigenvalue weighted by Gasteiger charge is -1.96. The van der Waals surface area contributed by atoms with Crippen molar-refractivity contribution in [2.24, 2.45) is 5.73 Å². The summed E-state index contributed by atoms with van der Waals surface area (Å²) in [7, 11) is 0. The predicted molar refractivity (Wildman–Crippen MR) is 57.0 cm³/mol. The Hall–Kier alpha value is -0.570. The molecule has 0 fully saturated rings. The van der Waals surface area contributed by atoms with Gasteiger partial charge in [-0.25, -0.2) is 4.98 Å². The molecule has 1 rings (SSSR count). The van der Waals surface area contributed by atoms with Crippen LogP contribution in [-0.2, 0) is 0 Å². The summed E-state index contributed by atoms with van der Waals surface area (Å²) in [6.07, 6.45) is 4.67. The van der Waals surface area contributed by atoms with Crippen molar-refractivity contribution in [1.29, 1.82) is 0 Å². The van der Waals surface area contributed by atoms with Crippen LogP contribution in [0.25, 0.3) is 6.08 Å². The number of hydrogen-bond donors (Lipinski definition) is 1. The molecule has 0 aliphatic rings. The number of nitrogens with two attached hydrogens (primary N) is 1. The molecule has 0 saturated heterocycles. The van der Waals surface area contributed by atoms with Crippen LogP contribution in [0.2, 0.25) is 10.3 Å². The summed E-state index contributed by atoms with van der Waals surface area (Å²) in [5.74, 6) is 0. The first-order valence-electron chi connectivity index (χ1n) is 3.92. The van der Waals surface area contributed by atoms with Crippen LogP contribution in [0.1, 0.15) is 12.0 Å². The van der Waals surface area contributed by atoms with Gasteiger partial charge in [-0.3, -0.25) is 0 Å². The van der Waals surface area contributed by atoms with Gasteiger partial charge in [0.2, 0.25) is 0 Å². The number of rotatable bonds is 3. The van der Waals surface area contributed by atoms with Crippen molar-refractivity contribution in [3.05, 3.63) is 34.1 Å². The van der Waals surface area contributed by atoms with Crippen LogP contribution >= 0.6 is 23.2 Å². The fraction of sp³-hybridized carbons (Fsp3) is 0.222. The van der Waals surface area contributed by atoms with Gasteiger partial charge in [0, 0.05) is 5.56 Å². The highest BCUT2D eigenvalue weighted by atomic mass is 35.5. The summed E-state index contributed by atoms with van der Waals surface area (Å²) in [5, 5.41) is 0.821. The second-order valence-electron chi connectivity index (χ2n) is 2.49. The smallest absolute Gasteiger partial charge is 0.138 e. The lowest BCUT2D eigenvalue weighted by atomic mass is 10.2. The summed E-state index contributed by atoms with van der Waals surface area (Å²) in [6.45, 7) is 0.634. The number of aromatic nitrogens is 1. The van der Waals surface area contributed by atoms with E-state index in [4.69, 9.17) is 28.9 Å². The van der Waals surface area contributed by atoms with E-state index >= 15 is 0 Å². The zero-order valence-corrected chi connectivity index (χ0v) is 8.52. The third kappa shape index (κ3) is 3.35. The van der Waals surface area contributed by atoms with Crippen LogP contribution < -0.4 is 5.73 Å². The molecule has 0 bridgehead atoms. The van der Waals surface area contributed by atoms with Crippen LogP contribution in [0.15, 0.2) is 18.2 Å². The Bertz CT molecular complexity index is 310. The van der Waals surface area contributed by atoms with Crippen molar-refractivity contribution in [2.75, 3.05) is 6.54 Å². The monoisotopic (exact) mass is 216 g/mol. The van der Waals surface area contributed by atoms with E-state index < -0.39 is 0 Å². The Balaban J connectivity index is 2.77. The molecule has 2 nitrogen and oxygen atoms in total. The molecule has 0 aliphatic carbocycles. The number of pyridine rings is 1. The molecule has 1 aromatic heterocycles. The molecule has 0 atom stereocenters. The molecule has 4 heteroatoms. The van der Waals surface area contributed by atoms with Gasteiger partial charge < -0.3 is 5.73 Å². The first kappa shape index (κ1) is 10.5. The highest BCUT2D eigenvalue weighted by molar-refractivity contribution is 6.33. The topological polar surface area (TPSA) is 38.9 Å². The van der Waals surface area contributed by atoms with Gasteiger partial charge in [0.05, 0.1) is 0 Å². The minimum Gasteiger partial charge on any atom is -0.330 e. The minimum atomic E-state index is 0.404. The molecule has 2 N–H and O–H groups in total. The molecule has 0 spiro atoms. The van der Waals surface area contributed by atoms with Crippen LogP contribution in [0, 0.1) is 0 Å². The van der Waals surface area contributed by atoms with Crippen molar-refractivity contribution in [2.45, 2.75) is 6.42 Å². The standard InChI is InChI=1S/C9H10Cl2N2/c10-8-5-4-7(9(11)13-8)3-1-2-6-12/h1,3-5H,2,6,12H2. The van der Waals surface area contributed by atoms with E-state index in [1.165, 1.54) is 0 Å². The zero-order valence-electron chi connectivity index (χ0n) is 7.00. The van der Waals surface area contributed by atoms with Crippen molar-refractivity contribution in [1.82, 2.24) is 4.98 Å². The van der Waals surface area contributed by atoms with E-state index in [0.717, 1.165) is 12.0 Å². The second-order valence-corrected chi connectivity index (χ2v) is 3.24. The summed E-state index contributed by atoms with van der Waals surface area (Å²) >= 11 is 11.5. The molecule has 1 aromatic rings. The van der Waals surface area contributed by atoms with Gasteiger partial charge in [0.25, 0.3) is 0 Å². The highest BCUT2D eigenvalue weighted by Gasteiger charge is 1.97. The fourth-order valence-electron chi connectivity index (χ4n) is 0.854. The maximum Gasteiger partial charge on any atom is 0.138 e. The van der Waals surface area contributed by atoms with Gasteiger partial charge in [-0.2, -0.15) is 0 Å². The van der Waals surface area contributed by atoms with E-state index in [9.17, 15) is 0 Å². The molecule has 0 unspecified atom stereocenters. The molecule has 13 heavy (non-hydrogen) atoms. The quantitative estimate of drug-likeness (QED) is 0.790. The van der Waals surface area contributed by atoms with E-state index in [1.807, 2.05) is 18.2 Å². The normalized spacial score (nSPS) is 11.0. The summed E-state index contributed by atoms with van der Waals surface area (Å²) in [5.41, 5.74) is 6.19. The Kier molecular flexibility index (Phi) is 4.22. The van der Waals surface area contributed by atoms with Crippen LogP contribution in [-0.4, -0.2) is 11.5 Å². The van der Waals surface area contributed by atoms with Crippen molar-refractivity contribution in [3.63, 3.8) is 0 Å². The van der Waals surface area contributed by atoms with Gasteiger partial charge >= 0.3 is 0 Å². The second kappa shape index (κ2) is 5.22. The van der Waals surface area contributed by atoms with Crippen LogP contribution in [0.4, 0.5) is 0 Å². The van der Waals surface area contributed by atoms with E-state index in [-0.39, 0.29) is 0 Å². The van der Waals surface area contributed by atoms with Gasteiger partial charge in [-0.15, -0.1) is 0 Å². The number of hydrogen-bond acceptors (Lipinski definition) is 2. The highest BCUT2D eigenvalue weighted by Crippen LogP contribution is 2.17. The first-order chi connectivity index (χ1) is 6.24.